The van der Waals surface area contributed by atoms with Crippen molar-refractivity contribution >= 4 is 5.69 Å². The number of hydrogen-bond acceptors (Lipinski definition) is 2. The molecule has 2 aliphatic rings. The average molecular weight is 231 g/mol. The maximum atomic E-state index is 9.34. The first-order valence-electron chi connectivity index (χ1n) is 6.80. The van der Waals surface area contributed by atoms with Crippen LogP contribution in [-0.2, 0) is 6.42 Å². The maximum absolute atomic E-state index is 9.34. The molecule has 1 saturated carbocycles. The van der Waals surface area contributed by atoms with Crippen LogP contribution >= 0.6 is 0 Å². The molecule has 1 unspecified atom stereocenters. The number of aliphatic hydroxyl groups is 1. The Hall–Kier alpha value is -1.02. The number of nitrogens with zero attached hydrogens (tertiary/aromatic N) is 1. The summed E-state index contributed by atoms with van der Waals surface area (Å²) < 4.78 is 0. The van der Waals surface area contributed by atoms with Gasteiger partial charge < -0.3 is 10.0 Å². The van der Waals surface area contributed by atoms with Gasteiger partial charge in [-0.2, -0.15) is 0 Å². The number of fused-ring (bicyclic) bond motifs is 1. The van der Waals surface area contributed by atoms with E-state index in [0.29, 0.717) is 0 Å². The fourth-order valence-corrected chi connectivity index (χ4v) is 3.12. The van der Waals surface area contributed by atoms with E-state index in [1.807, 2.05) is 0 Å². The molecule has 1 heterocycles. The Kier molecular flexibility index (Phi) is 2.83. The van der Waals surface area contributed by atoms with Gasteiger partial charge in [0.25, 0.3) is 0 Å². The minimum Gasteiger partial charge on any atom is -0.396 e. The minimum atomic E-state index is 0.250. The largest absolute Gasteiger partial charge is 0.396 e. The van der Waals surface area contributed by atoms with Crippen LogP contribution in [0.1, 0.15) is 43.2 Å². The molecular weight excluding hydrogens is 210 g/mol. The Bertz CT molecular complexity index is 411. The molecule has 0 radical (unpaired) electrons. The summed E-state index contributed by atoms with van der Waals surface area (Å²) in [4.78, 5) is 2.59. The lowest BCUT2D eigenvalue weighted by molar-refractivity contribution is 0.272. The molecule has 0 bridgehead atoms. The molecule has 1 aliphatic carbocycles. The van der Waals surface area contributed by atoms with Gasteiger partial charge >= 0.3 is 0 Å². The molecule has 1 aromatic carbocycles. The van der Waals surface area contributed by atoms with Gasteiger partial charge in [-0.05, 0) is 42.9 Å². The molecule has 1 fully saturated rings. The molecule has 2 heteroatoms. The second-order valence-electron chi connectivity index (χ2n) is 5.46. The Morgan fingerprint density at radius 2 is 2.24 bits per heavy atom. The fourth-order valence-electron chi connectivity index (χ4n) is 3.12. The van der Waals surface area contributed by atoms with Crippen LogP contribution in [0.3, 0.4) is 0 Å². The summed E-state index contributed by atoms with van der Waals surface area (Å²) in [6.45, 7) is 3.54. The molecule has 17 heavy (non-hydrogen) atoms. The predicted octanol–water partition coefficient (Wildman–Crippen LogP) is 2.70. The summed E-state index contributed by atoms with van der Waals surface area (Å²) in [7, 11) is 0. The summed E-state index contributed by atoms with van der Waals surface area (Å²) in [6, 6.07) is 7.38. The maximum Gasteiger partial charge on any atom is 0.0497 e. The third-order valence-electron chi connectivity index (χ3n) is 4.42. The van der Waals surface area contributed by atoms with E-state index in [-0.39, 0.29) is 12.5 Å². The first kappa shape index (κ1) is 11.1. The fraction of sp³-hybridized carbons (Fsp3) is 0.600. The van der Waals surface area contributed by atoms with Gasteiger partial charge in [0.2, 0.25) is 0 Å². The lowest BCUT2D eigenvalue weighted by Crippen LogP contribution is -2.38. The third-order valence-corrected chi connectivity index (χ3v) is 4.42. The number of anilines is 1. The van der Waals surface area contributed by atoms with Gasteiger partial charge in [-0.1, -0.05) is 19.1 Å². The van der Waals surface area contributed by atoms with E-state index in [2.05, 4.69) is 30.0 Å². The van der Waals surface area contributed by atoms with E-state index in [9.17, 15) is 5.11 Å². The Labute approximate surface area is 103 Å². The summed E-state index contributed by atoms with van der Waals surface area (Å²) in [5, 5.41) is 9.34. The van der Waals surface area contributed by atoms with Crippen molar-refractivity contribution in [3.8, 4) is 0 Å². The van der Waals surface area contributed by atoms with Gasteiger partial charge in [-0.15, -0.1) is 0 Å². The summed E-state index contributed by atoms with van der Waals surface area (Å²) in [6.07, 6.45) is 5.27. The lowest BCUT2D eigenvalue weighted by Gasteiger charge is -2.36. The van der Waals surface area contributed by atoms with Gasteiger partial charge in [0.15, 0.2) is 0 Å². The van der Waals surface area contributed by atoms with Crippen molar-refractivity contribution in [1.29, 1.82) is 0 Å². The van der Waals surface area contributed by atoms with Crippen LogP contribution in [0.15, 0.2) is 18.2 Å². The predicted molar refractivity (Wildman–Crippen MR) is 70.6 cm³/mol. The van der Waals surface area contributed by atoms with Gasteiger partial charge in [0, 0.05) is 30.8 Å². The molecule has 3 rings (SSSR count). The van der Waals surface area contributed by atoms with Crippen molar-refractivity contribution in [3.05, 3.63) is 29.3 Å². The summed E-state index contributed by atoms with van der Waals surface area (Å²) in [5.74, 6) is 0.270. The van der Waals surface area contributed by atoms with E-state index < -0.39 is 0 Å². The number of aliphatic hydroxyl groups excluding tert-OH is 1. The zero-order chi connectivity index (χ0) is 11.8. The quantitative estimate of drug-likeness (QED) is 0.864. The van der Waals surface area contributed by atoms with Crippen LogP contribution in [0.25, 0.3) is 0 Å². The zero-order valence-electron chi connectivity index (χ0n) is 10.5. The number of rotatable bonds is 3. The van der Waals surface area contributed by atoms with Crippen molar-refractivity contribution in [2.24, 2.45) is 0 Å². The van der Waals surface area contributed by atoms with Crippen molar-refractivity contribution in [2.45, 2.75) is 44.6 Å². The molecule has 0 spiro atoms. The Morgan fingerprint density at radius 1 is 1.41 bits per heavy atom. The second-order valence-corrected chi connectivity index (χ2v) is 5.46. The molecule has 2 nitrogen and oxygen atoms in total. The zero-order valence-corrected chi connectivity index (χ0v) is 10.5. The first-order chi connectivity index (χ1) is 8.31. The van der Waals surface area contributed by atoms with Gasteiger partial charge in [-0.25, -0.2) is 0 Å². The monoisotopic (exact) mass is 231 g/mol. The average Bonchev–Trinajstić information content (AvgIpc) is 2.70. The number of benzene rings is 1. The smallest absolute Gasteiger partial charge is 0.0497 e. The van der Waals surface area contributed by atoms with Crippen LogP contribution in [-0.4, -0.2) is 24.3 Å². The molecule has 1 atom stereocenters. The van der Waals surface area contributed by atoms with Gasteiger partial charge in [0.05, 0.1) is 0 Å². The van der Waals surface area contributed by atoms with Crippen LogP contribution in [0.5, 0.6) is 0 Å². The molecule has 0 amide bonds. The van der Waals surface area contributed by atoms with Crippen molar-refractivity contribution in [1.82, 2.24) is 0 Å². The second kappa shape index (κ2) is 4.34. The minimum absolute atomic E-state index is 0.250. The summed E-state index contributed by atoms with van der Waals surface area (Å²) in [5.41, 5.74) is 4.28. The van der Waals surface area contributed by atoms with Crippen molar-refractivity contribution in [2.75, 3.05) is 18.1 Å². The highest BCUT2D eigenvalue weighted by Gasteiger charge is 2.31. The SMILES string of the molecule is CC(CO)c1cccc2c1CCN2C1CCC1. The molecular formula is C15H21NO. The molecule has 1 aliphatic heterocycles. The van der Waals surface area contributed by atoms with Crippen LogP contribution in [0.4, 0.5) is 5.69 Å². The van der Waals surface area contributed by atoms with Crippen molar-refractivity contribution in [3.63, 3.8) is 0 Å². The first-order valence-corrected chi connectivity index (χ1v) is 6.80. The highest BCUT2D eigenvalue weighted by molar-refractivity contribution is 5.62. The Morgan fingerprint density at radius 3 is 2.88 bits per heavy atom. The van der Waals surface area contributed by atoms with Gasteiger partial charge in [0.1, 0.15) is 0 Å². The lowest BCUT2D eigenvalue weighted by atomic mass is 9.91. The van der Waals surface area contributed by atoms with Gasteiger partial charge in [-0.3, -0.25) is 0 Å². The molecule has 0 saturated heterocycles. The highest BCUT2D eigenvalue weighted by atomic mass is 16.3. The molecule has 1 aromatic rings. The van der Waals surface area contributed by atoms with Crippen LogP contribution in [0, 0.1) is 0 Å². The molecule has 0 aromatic heterocycles. The van der Waals surface area contributed by atoms with E-state index in [1.54, 1.807) is 0 Å². The standard InChI is InChI=1S/C15H21NO/c1-11(10-17)13-6-3-7-15-14(13)8-9-16(15)12-4-2-5-12/h3,6-7,11-12,17H,2,4-5,8-10H2,1H3. The highest BCUT2D eigenvalue weighted by Crippen LogP contribution is 2.39. The third kappa shape index (κ3) is 1.75. The normalized spacial score (nSPS) is 21.2. The summed E-state index contributed by atoms with van der Waals surface area (Å²) >= 11 is 0. The molecule has 1 N–H and O–H groups in total. The van der Waals surface area contributed by atoms with Crippen LogP contribution in [0.2, 0.25) is 0 Å². The Balaban J connectivity index is 1.93. The van der Waals surface area contributed by atoms with Crippen molar-refractivity contribution < 1.29 is 5.11 Å². The van der Waals surface area contributed by atoms with E-state index >= 15 is 0 Å². The molecule has 92 valence electrons. The van der Waals surface area contributed by atoms with E-state index in [1.165, 1.54) is 42.6 Å². The topological polar surface area (TPSA) is 23.5 Å². The van der Waals surface area contributed by atoms with E-state index in [4.69, 9.17) is 0 Å². The number of hydrogen-bond donors (Lipinski definition) is 1. The van der Waals surface area contributed by atoms with E-state index in [0.717, 1.165) is 12.5 Å². The van der Waals surface area contributed by atoms with Crippen LogP contribution < -0.4 is 4.90 Å².